The van der Waals surface area contributed by atoms with Crippen LogP contribution in [0.5, 0.6) is 5.88 Å². The minimum Gasteiger partial charge on any atom is -0.478 e. The number of unbranched alkanes of at least 4 members (excludes halogenated alkanes) is 2. The van der Waals surface area contributed by atoms with Gasteiger partial charge >= 0.3 is 0 Å². The van der Waals surface area contributed by atoms with Crippen molar-refractivity contribution in [2.45, 2.75) is 45.4 Å². The van der Waals surface area contributed by atoms with E-state index in [0.29, 0.717) is 12.5 Å². The van der Waals surface area contributed by atoms with Crippen LogP contribution in [0.2, 0.25) is 0 Å². The number of aryl methyl sites for hydroxylation is 1. The molecule has 1 aromatic heterocycles. The second-order valence-electron chi connectivity index (χ2n) is 7.15. The van der Waals surface area contributed by atoms with Crippen molar-refractivity contribution in [3.63, 3.8) is 0 Å². The third kappa shape index (κ3) is 5.80. The number of likely N-dealkylation sites (tertiary alicyclic amines) is 1. The molecule has 0 radical (unpaired) electrons. The van der Waals surface area contributed by atoms with Gasteiger partial charge in [-0.05, 0) is 88.0 Å². The van der Waals surface area contributed by atoms with Crippen LogP contribution in [0.15, 0.2) is 36.4 Å². The maximum Gasteiger partial charge on any atom is 0.214 e. The molecule has 26 heavy (non-hydrogen) atoms. The Morgan fingerprint density at radius 3 is 2.50 bits per heavy atom. The zero-order valence-electron chi connectivity index (χ0n) is 15.7. The maximum absolute atomic E-state index is 13.1. The molecule has 140 valence electrons. The van der Waals surface area contributed by atoms with E-state index in [0.717, 1.165) is 23.2 Å². The van der Waals surface area contributed by atoms with Gasteiger partial charge in [-0.15, -0.1) is 0 Å². The molecule has 2 aromatic rings. The molecule has 0 atom stereocenters. The molecule has 0 bridgehead atoms. The SMILES string of the molecule is Cc1cc(-c2ccc(F)cc2)cc(OCCCCCN2CCCCC2)n1. The molecule has 3 nitrogen and oxygen atoms in total. The molecule has 1 aliphatic rings. The van der Waals surface area contributed by atoms with Gasteiger partial charge in [-0.2, -0.15) is 0 Å². The highest BCUT2D eigenvalue weighted by Crippen LogP contribution is 2.24. The number of nitrogens with zero attached hydrogens (tertiary/aromatic N) is 2. The molecule has 0 aliphatic carbocycles. The molecule has 1 aromatic carbocycles. The Labute approximate surface area is 156 Å². The summed E-state index contributed by atoms with van der Waals surface area (Å²) >= 11 is 0. The van der Waals surface area contributed by atoms with Gasteiger partial charge in [0.25, 0.3) is 0 Å². The van der Waals surface area contributed by atoms with Crippen LogP contribution >= 0.6 is 0 Å². The molecule has 0 spiro atoms. The van der Waals surface area contributed by atoms with E-state index < -0.39 is 0 Å². The third-order valence-corrected chi connectivity index (χ3v) is 4.92. The van der Waals surface area contributed by atoms with Crippen molar-refractivity contribution in [1.29, 1.82) is 0 Å². The molecule has 1 aliphatic heterocycles. The fourth-order valence-electron chi connectivity index (χ4n) is 3.50. The van der Waals surface area contributed by atoms with E-state index in [4.69, 9.17) is 4.74 Å². The van der Waals surface area contributed by atoms with Crippen molar-refractivity contribution in [3.05, 3.63) is 47.9 Å². The van der Waals surface area contributed by atoms with E-state index in [1.807, 2.05) is 19.1 Å². The van der Waals surface area contributed by atoms with Crippen molar-refractivity contribution < 1.29 is 9.13 Å². The number of halogens is 1. The van der Waals surface area contributed by atoms with E-state index in [9.17, 15) is 4.39 Å². The van der Waals surface area contributed by atoms with Gasteiger partial charge in [0, 0.05) is 11.8 Å². The monoisotopic (exact) mass is 356 g/mol. The lowest BCUT2D eigenvalue weighted by molar-refractivity contribution is 0.220. The van der Waals surface area contributed by atoms with Crippen LogP contribution in [0.25, 0.3) is 11.1 Å². The van der Waals surface area contributed by atoms with Crippen molar-refractivity contribution in [1.82, 2.24) is 9.88 Å². The Morgan fingerprint density at radius 1 is 0.962 bits per heavy atom. The summed E-state index contributed by atoms with van der Waals surface area (Å²) in [7, 11) is 0. The summed E-state index contributed by atoms with van der Waals surface area (Å²) in [6, 6.07) is 10.5. The predicted molar refractivity (Wildman–Crippen MR) is 104 cm³/mol. The first kappa shape index (κ1) is 18.8. The molecular formula is C22H29FN2O. The van der Waals surface area contributed by atoms with E-state index in [1.165, 1.54) is 63.9 Å². The Kier molecular flexibility index (Phi) is 7.01. The predicted octanol–water partition coefficient (Wildman–Crippen LogP) is 5.23. The largest absolute Gasteiger partial charge is 0.478 e. The second-order valence-corrected chi connectivity index (χ2v) is 7.15. The van der Waals surface area contributed by atoms with Crippen molar-refractivity contribution in [2.24, 2.45) is 0 Å². The van der Waals surface area contributed by atoms with E-state index in [1.54, 1.807) is 12.1 Å². The van der Waals surface area contributed by atoms with Gasteiger partial charge in [-0.25, -0.2) is 9.37 Å². The highest BCUT2D eigenvalue weighted by atomic mass is 19.1. The van der Waals surface area contributed by atoms with E-state index in [2.05, 4.69) is 9.88 Å². The number of piperidine rings is 1. The lowest BCUT2D eigenvalue weighted by atomic mass is 10.1. The Hall–Kier alpha value is -1.94. The summed E-state index contributed by atoms with van der Waals surface area (Å²) in [5, 5.41) is 0. The zero-order valence-corrected chi connectivity index (χ0v) is 15.7. The lowest BCUT2D eigenvalue weighted by Gasteiger charge is -2.26. The molecule has 0 amide bonds. The molecule has 1 saturated heterocycles. The average molecular weight is 356 g/mol. The van der Waals surface area contributed by atoms with Gasteiger partial charge in [0.15, 0.2) is 0 Å². The average Bonchev–Trinajstić information content (AvgIpc) is 2.65. The van der Waals surface area contributed by atoms with Crippen molar-refractivity contribution in [3.8, 4) is 17.0 Å². The van der Waals surface area contributed by atoms with Crippen LogP contribution in [-0.4, -0.2) is 36.1 Å². The molecule has 1 fully saturated rings. The quantitative estimate of drug-likeness (QED) is 0.606. The normalized spacial score (nSPS) is 15.2. The number of benzene rings is 1. The minimum absolute atomic E-state index is 0.222. The highest BCUT2D eigenvalue weighted by molar-refractivity contribution is 5.64. The maximum atomic E-state index is 13.1. The first-order valence-electron chi connectivity index (χ1n) is 9.80. The zero-order chi connectivity index (χ0) is 18.2. The Balaban J connectivity index is 1.43. The molecule has 0 saturated carbocycles. The highest BCUT2D eigenvalue weighted by Gasteiger charge is 2.09. The molecule has 0 unspecified atom stereocenters. The van der Waals surface area contributed by atoms with E-state index in [-0.39, 0.29) is 5.82 Å². The number of aromatic nitrogens is 1. The first-order valence-corrected chi connectivity index (χ1v) is 9.80. The van der Waals surface area contributed by atoms with Crippen molar-refractivity contribution in [2.75, 3.05) is 26.2 Å². The fraction of sp³-hybridized carbons (Fsp3) is 0.500. The van der Waals surface area contributed by atoms with Crippen LogP contribution in [0.3, 0.4) is 0 Å². The van der Waals surface area contributed by atoms with Gasteiger partial charge in [0.05, 0.1) is 6.61 Å². The Morgan fingerprint density at radius 2 is 1.73 bits per heavy atom. The van der Waals surface area contributed by atoms with Crippen LogP contribution < -0.4 is 4.74 Å². The Bertz CT molecular complexity index is 681. The standard InChI is InChI=1S/C22H29FN2O/c1-18-16-20(19-8-10-21(23)11-9-19)17-22(24-18)26-15-7-3-6-14-25-12-4-2-5-13-25/h8-11,16-17H,2-7,12-15H2,1H3. The van der Waals surface area contributed by atoms with Gasteiger partial charge < -0.3 is 9.64 Å². The van der Waals surface area contributed by atoms with Gasteiger partial charge in [-0.3, -0.25) is 0 Å². The van der Waals surface area contributed by atoms with Crippen LogP contribution in [0.4, 0.5) is 4.39 Å². The number of ether oxygens (including phenoxy) is 1. The van der Waals surface area contributed by atoms with Crippen molar-refractivity contribution >= 4 is 0 Å². The van der Waals surface area contributed by atoms with Crippen LogP contribution in [0, 0.1) is 12.7 Å². The molecule has 0 N–H and O–H groups in total. The van der Waals surface area contributed by atoms with Gasteiger partial charge in [-0.1, -0.05) is 18.6 Å². The molecule has 2 heterocycles. The summed E-state index contributed by atoms with van der Waals surface area (Å²) in [6.07, 6.45) is 7.60. The number of hydrogen-bond donors (Lipinski definition) is 0. The summed E-state index contributed by atoms with van der Waals surface area (Å²) in [6.45, 7) is 6.42. The smallest absolute Gasteiger partial charge is 0.214 e. The minimum atomic E-state index is -0.222. The second kappa shape index (κ2) is 9.67. The fourth-order valence-corrected chi connectivity index (χ4v) is 3.50. The topological polar surface area (TPSA) is 25.4 Å². The molecule has 3 rings (SSSR count). The summed E-state index contributed by atoms with van der Waals surface area (Å²) < 4.78 is 19.0. The van der Waals surface area contributed by atoms with Gasteiger partial charge in [0.2, 0.25) is 5.88 Å². The summed E-state index contributed by atoms with van der Waals surface area (Å²) in [5.41, 5.74) is 2.90. The van der Waals surface area contributed by atoms with Gasteiger partial charge in [0.1, 0.15) is 5.82 Å². The lowest BCUT2D eigenvalue weighted by Crippen LogP contribution is -2.30. The van der Waals surface area contributed by atoms with Crippen LogP contribution in [-0.2, 0) is 0 Å². The number of rotatable bonds is 8. The molecular weight excluding hydrogens is 327 g/mol. The van der Waals surface area contributed by atoms with Crippen LogP contribution in [0.1, 0.15) is 44.2 Å². The number of hydrogen-bond acceptors (Lipinski definition) is 3. The summed E-state index contributed by atoms with van der Waals surface area (Å²) in [5.74, 6) is 0.431. The molecule has 4 heteroatoms. The summed E-state index contributed by atoms with van der Waals surface area (Å²) in [4.78, 5) is 7.05. The third-order valence-electron chi connectivity index (χ3n) is 4.92. The number of pyridine rings is 1. The van der Waals surface area contributed by atoms with E-state index >= 15 is 0 Å². The first-order chi connectivity index (χ1) is 12.7.